The molecule has 0 amide bonds. The number of Topliss-reactive ketones (excluding diaryl/α,β-unsaturated/α-hetero) is 1. The maximum Gasteiger partial charge on any atom is 0.162 e. The molecular formula is C9H16O2. The molecule has 0 bridgehead atoms. The van der Waals surface area contributed by atoms with Crippen LogP contribution in [0.5, 0.6) is 0 Å². The van der Waals surface area contributed by atoms with E-state index in [1.165, 1.54) is 0 Å². The van der Waals surface area contributed by atoms with Gasteiger partial charge >= 0.3 is 0 Å². The second kappa shape index (κ2) is 2.07. The van der Waals surface area contributed by atoms with E-state index in [0.717, 1.165) is 0 Å². The summed E-state index contributed by atoms with van der Waals surface area (Å²) in [6, 6.07) is 0. The predicted molar refractivity (Wildman–Crippen MR) is 43.2 cm³/mol. The second-order valence-electron chi connectivity index (χ2n) is 4.65. The molecule has 1 saturated carbocycles. The molecule has 1 aliphatic carbocycles. The van der Waals surface area contributed by atoms with Crippen LogP contribution in [0.25, 0.3) is 0 Å². The summed E-state index contributed by atoms with van der Waals surface area (Å²) in [6.07, 6.45) is -0.265. The lowest BCUT2D eigenvalue weighted by molar-refractivity contribution is -0.127. The largest absolute Gasteiger partial charge is 0.385 e. The summed E-state index contributed by atoms with van der Waals surface area (Å²) in [5.41, 5.74) is -0.340. The van der Waals surface area contributed by atoms with Crippen molar-refractivity contribution in [2.75, 3.05) is 0 Å². The Hall–Kier alpha value is -0.370. The lowest BCUT2D eigenvalue weighted by Crippen LogP contribution is -2.35. The summed E-state index contributed by atoms with van der Waals surface area (Å²) in [7, 11) is 0. The minimum absolute atomic E-state index is 0.0139. The van der Waals surface area contributed by atoms with Crippen LogP contribution in [0, 0.1) is 10.8 Å². The molecule has 0 aromatic rings. The molecule has 1 atom stereocenters. The van der Waals surface area contributed by atoms with Gasteiger partial charge in [-0.1, -0.05) is 27.7 Å². The van der Waals surface area contributed by atoms with Crippen molar-refractivity contribution in [1.29, 1.82) is 0 Å². The Kier molecular flexibility index (Phi) is 1.64. The number of carbonyl (C=O) groups excluding carboxylic acids is 1. The molecule has 0 saturated heterocycles. The van der Waals surface area contributed by atoms with E-state index in [1.54, 1.807) is 0 Å². The van der Waals surface area contributed by atoms with Crippen LogP contribution in [0.3, 0.4) is 0 Å². The van der Waals surface area contributed by atoms with E-state index in [2.05, 4.69) is 0 Å². The quantitative estimate of drug-likeness (QED) is 0.575. The number of ketones is 1. The third-order valence-corrected chi connectivity index (χ3v) is 3.35. The molecule has 0 aromatic carbocycles. The van der Waals surface area contributed by atoms with Crippen LogP contribution in [-0.4, -0.2) is 17.0 Å². The predicted octanol–water partition coefficient (Wildman–Crippen LogP) is 1.37. The fraction of sp³-hybridized carbons (Fsp3) is 0.889. The number of aliphatic hydroxyl groups excluding tert-OH is 1. The average molecular weight is 156 g/mol. The van der Waals surface area contributed by atoms with Crippen LogP contribution >= 0.6 is 0 Å². The highest BCUT2D eigenvalue weighted by atomic mass is 16.3. The Morgan fingerprint density at radius 2 is 1.82 bits per heavy atom. The van der Waals surface area contributed by atoms with Crippen LogP contribution in [0.4, 0.5) is 0 Å². The van der Waals surface area contributed by atoms with Crippen molar-refractivity contribution in [2.24, 2.45) is 10.8 Å². The van der Waals surface area contributed by atoms with E-state index < -0.39 is 6.10 Å². The molecular weight excluding hydrogens is 140 g/mol. The molecule has 2 nitrogen and oxygen atoms in total. The van der Waals surface area contributed by atoms with Gasteiger partial charge in [-0.15, -0.1) is 0 Å². The second-order valence-corrected chi connectivity index (χ2v) is 4.65. The van der Waals surface area contributed by atoms with Gasteiger partial charge in [0.05, 0.1) is 0 Å². The van der Waals surface area contributed by atoms with Gasteiger partial charge in [-0.2, -0.15) is 0 Å². The fourth-order valence-electron chi connectivity index (χ4n) is 1.53. The standard InChI is InChI=1S/C9H16O2/c1-8(2)5-6(10)7(11)9(8,3)4/h7,11H,5H2,1-4H3. The van der Waals surface area contributed by atoms with Crippen molar-refractivity contribution in [3.05, 3.63) is 0 Å². The first-order valence-corrected chi connectivity index (χ1v) is 4.00. The van der Waals surface area contributed by atoms with Crippen LogP contribution in [0.2, 0.25) is 0 Å². The number of hydrogen-bond donors (Lipinski definition) is 1. The van der Waals surface area contributed by atoms with E-state index in [0.29, 0.717) is 6.42 Å². The zero-order chi connectivity index (χ0) is 8.86. The van der Waals surface area contributed by atoms with Gasteiger partial charge in [-0.25, -0.2) is 0 Å². The molecule has 0 aliphatic heterocycles. The molecule has 0 heterocycles. The molecule has 64 valence electrons. The first-order chi connectivity index (χ1) is 4.79. The molecule has 0 spiro atoms. The maximum absolute atomic E-state index is 11.2. The highest BCUT2D eigenvalue weighted by Gasteiger charge is 2.52. The molecule has 11 heavy (non-hydrogen) atoms. The average Bonchev–Trinajstić information content (AvgIpc) is 1.93. The van der Waals surface area contributed by atoms with Crippen molar-refractivity contribution in [3.8, 4) is 0 Å². The van der Waals surface area contributed by atoms with Crippen molar-refractivity contribution in [2.45, 2.75) is 40.2 Å². The van der Waals surface area contributed by atoms with Crippen molar-refractivity contribution in [1.82, 2.24) is 0 Å². The summed E-state index contributed by atoms with van der Waals surface area (Å²) >= 11 is 0. The molecule has 1 rings (SSSR count). The third-order valence-electron chi connectivity index (χ3n) is 3.35. The Morgan fingerprint density at radius 1 is 1.36 bits per heavy atom. The first kappa shape index (κ1) is 8.72. The first-order valence-electron chi connectivity index (χ1n) is 4.00. The van der Waals surface area contributed by atoms with Crippen LogP contribution in [0.1, 0.15) is 34.1 Å². The van der Waals surface area contributed by atoms with E-state index in [9.17, 15) is 9.90 Å². The minimum atomic E-state index is -0.766. The molecule has 1 N–H and O–H groups in total. The van der Waals surface area contributed by atoms with Gasteiger partial charge in [0.2, 0.25) is 0 Å². The highest BCUT2D eigenvalue weighted by Crippen LogP contribution is 2.50. The van der Waals surface area contributed by atoms with Crippen LogP contribution in [-0.2, 0) is 4.79 Å². The molecule has 0 aromatic heterocycles. The van der Waals surface area contributed by atoms with E-state index >= 15 is 0 Å². The van der Waals surface area contributed by atoms with E-state index in [4.69, 9.17) is 0 Å². The SMILES string of the molecule is CC1(C)CC(=O)C(O)C1(C)C. The zero-order valence-electron chi connectivity index (χ0n) is 7.64. The maximum atomic E-state index is 11.2. The topological polar surface area (TPSA) is 37.3 Å². The van der Waals surface area contributed by atoms with Gasteiger partial charge in [-0.05, 0) is 5.41 Å². The van der Waals surface area contributed by atoms with Crippen LogP contribution < -0.4 is 0 Å². The smallest absolute Gasteiger partial charge is 0.162 e. The summed E-state index contributed by atoms with van der Waals surface area (Å²) < 4.78 is 0. The molecule has 2 heteroatoms. The summed E-state index contributed by atoms with van der Waals surface area (Å²) in [6.45, 7) is 7.95. The summed E-state index contributed by atoms with van der Waals surface area (Å²) in [5, 5.41) is 9.51. The normalized spacial score (nSPS) is 34.3. The number of carbonyl (C=O) groups is 1. The van der Waals surface area contributed by atoms with Gasteiger partial charge in [-0.3, -0.25) is 4.79 Å². The number of aliphatic hydroxyl groups is 1. The van der Waals surface area contributed by atoms with Crippen molar-refractivity contribution in [3.63, 3.8) is 0 Å². The van der Waals surface area contributed by atoms with Gasteiger partial charge in [0.15, 0.2) is 5.78 Å². The lowest BCUT2D eigenvalue weighted by Gasteiger charge is -2.35. The molecule has 1 fully saturated rings. The van der Waals surface area contributed by atoms with Gasteiger partial charge in [0.1, 0.15) is 6.10 Å². The Balaban J connectivity index is 3.01. The molecule has 0 radical (unpaired) electrons. The Morgan fingerprint density at radius 3 is 1.91 bits per heavy atom. The van der Waals surface area contributed by atoms with Gasteiger partial charge < -0.3 is 5.11 Å². The Bertz CT molecular complexity index is 192. The van der Waals surface area contributed by atoms with Crippen LogP contribution in [0.15, 0.2) is 0 Å². The summed E-state index contributed by atoms with van der Waals surface area (Å²) in [5.74, 6) is -0.0139. The lowest BCUT2D eigenvalue weighted by atomic mass is 9.70. The van der Waals surface area contributed by atoms with Gasteiger partial charge in [0.25, 0.3) is 0 Å². The number of hydrogen-bond acceptors (Lipinski definition) is 2. The summed E-state index contributed by atoms with van der Waals surface area (Å²) in [4.78, 5) is 11.2. The minimum Gasteiger partial charge on any atom is -0.385 e. The van der Waals surface area contributed by atoms with Gasteiger partial charge in [0, 0.05) is 11.8 Å². The van der Waals surface area contributed by atoms with E-state index in [1.807, 2.05) is 27.7 Å². The van der Waals surface area contributed by atoms with Crippen molar-refractivity contribution < 1.29 is 9.90 Å². The third kappa shape index (κ3) is 1.00. The molecule has 1 unspecified atom stereocenters. The Labute approximate surface area is 67.6 Å². The highest BCUT2D eigenvalue weighted by molar-refractivity contribution is 5.87. The van der Waals surface area contributed by atoms with Crippen molar-refractivity contribution >= 4 is 5.78 Å². The fourth-order valence-corrected chi connectivity index (χ4v) is 1.53. The molecule has 1 aliphatic rings. The number of rotatable bonds is 0. The monoisotopic (exact) mass is 156 g/mol. The van der Waals surface area contributed by atoms with E-state index in [-0.39, 0.29) is 16.6 Å². The zero-order valence-corrected chi connectivity index (χ0v) is 7.64.